The minimum Gasteiger partial charge on any atom is -0.396 e. The van der Waals surface area contributed by atoms with Gasteiger partial charge in [-0.05, 0) is 37.2 Å². The molecule has 1 fully saturated rings. The van der Waals surface area contributed by atoms with Crippen LogP contribution in [0.2, 0.25) is 0 Å². The largest absolute Gasteiger partial charge is 0.396 e. The molecule has 23 heavy (non-hydrogen) atoms. The molecule has 0 spiro atoms. The summed E-state index contributed by atoms with van der Waals surface area (Å²) in [5.41, 5.74) is 1.17. The number of amides is 1. The van der Waals surface area contributed by atoms with Crippen LogP contribution in [-0.2, 0) is 0 Å². The number of aliphatic hydroxyl groups excluding tert-OH is 1. The monoisotopic (exact) mass is 331 g/mol. The predicted molar refractivity (Wildman–Crippen MR) is 91.3 cm³/mol. The van der Waals surface area contributed by atoms with E-state index in [9.17, 15) is 9.90 Å². The van der Waals surface area contributed by atoms with E-state index in [0.717, 1.165) is 18.5 Å². The average molecular weight is 331 g/mol. The number of benzene rings is 1. The normalized spacial score (nSPS) is 21.4. The minimum absolute atomic E-state index is 0.0550. The number of hydrogen-bond acceptors (Lipinski definition) is 3. The number of carbonyl (C=O) groups is 1. The lowest BCUT2D eigenvalue weighted by molar-refractivity contribution is 0.0352. The van der Waals surface area contributed by atoms with Crippen LogP contribution >= 0.6 is 12.2 Å². The molecule has 2 N–H and O–H groups in total. The number of nitrogens with zero attached hydrogens (tertiary/aromatic N) is 2. The number of carbonyl (C=O) groups excluding carboxylic acids is 1. The van der Waals surface area contributed by atoms with Gasteiger partial charge in [0, 0.05) is 30.4 Å². The first kappa shape index (κ1) is 16.0. The Balaban J connectivity index is 1.94. The van der Waals surface area contributed by atoms with Crippen molar-refractivity contribution in [3.8, 4) is 5.69 Å². The van der Waals surface area contributed by atoms with E-state index in [1.54, 1.807) is 10.8 Å². The molecule has 0 unspecified atom stereocenters. The summed E-state index contributed by atoms with van der Waals surface area (Å²) in [6.07, 6.45) is 3.51. The molecule has 1 amide bonds. The second-order valence-electron chi connectivity index (χ2n) is 6.45. The van der Waals surface area contributed by atoms with Crippen LogP contribution in [0.25, 0.3) is 5.69 Å². The molecule has 3 rings (SSSR count). The maximum Gasteiger partial charge on any atom is 0.272 e. The van der Waals surface area contributed by atoms with Crippen molar-refractivity contribution in [2.24, 2.45) is 5.41 Å². The Morgan fingerprint density at radius 3 is 2.83 bits per heavy atom. The number of para-hydroxylation sites is 1. The number of H-pyrrole nitrogens is 1. The minimum atomic E-state index is -0.224. The van der Waals surface area contributed by atoms with Gasteiger partial charge < -0.3 is 15.0 Å². The number of aromatic nitrogens is 2. The van der Waals surface area contributed by atoms with E-state index in [1.807, 2.05) is 42.2 Å². The quantitative estimate of drug-likeness (QED) is 0.850. The van der Waals surface area contributed by atoms with Gasteiger partial charge in [0.15, 0.2) is 4.77 Å². The average Bonchev–Trinajstić information content (AvgIpc) is 2.96. The van der Waals surface area contributed by atoms with Gasteiger partial charge in [0.1, 0.15) is 5.69 Å². The highest BCUT2D eigenvalue weighted by Gasteiger charge is 2.33. The highest BCUT2D eigenvalue weighted by molar-refractivity contribution is 7.71. The smallest absolute Gasteiger partial charge is 0.272 e. The lowest BCUT2D eigenvalue weighted by Crippen LogP contribution is -2.46. The van der Waals surface area contributed by atoms with Crippen LogP contribution < -0.4 is 0 Å². The molecule has 0 radical (unpaired) electrons. The van der Waals surface area contributed by atoms with Crippen LogP contribution in [0.1, 0.15) is 30.3 Å². The fraction of sp³-hybridized carbons (Fsp3) is 0.412. The van der Waals surface area contributed by atoms with Crippen molar-refractivity contribution >= 4 is 18.1 Å². The zero-order valence-corrected chi connectivity index (χ0v) is 14.0. The van der Waals surface area contributed by atoms with Crippen LogP contribution in [0.3, 0.4) is 0 Å². The van der Waals surface area contributed by atoms with Gasteiger partial charge in [-0.25, -0.2) is 0 Å². The van der Waals surface area contributed by atoms with Crippen LogP contribution in [0, 0.1) is 10.2 Å². The third-order valence-electron chi connectivity index (χ3n) is 4.46. The molecular formula is C17H21N3O2S. The first-order valence-electron chi connectivity index (χ1n) is 7.80. The molecule has 5 nitrogen and oxygen atoms in total. The summed E-state index contributed by atoms with van der Waals surface area (Å²) < 4.78 is 2.27. The standard InChI is InChI=1S/C17H21N3O2S/c1-17(12-21)8-5-9-19(11-17)15(22)14-10-18-16(23)20(14)13-6-3-2-4-7-13/h2-4,6-7,10,21H,5,8-9,11-12H2,1H3,(H,18,23)/t17-/m1/s1. The molecule has 1 aliphatic rings. The molecule has 6 heteroatoms. The van der Waals surface area contributed by atoms with E-state index in [-0.39, 0.29) is 17.9 Å². The number of imidazole rings is 1. The number of aromatic amines is 1. The van der Waals surface area contributed by atoms with Gasteiger partial charge in [0.2, 0.25) is 0 Å². The topological polar surface area (TPSA) is 61.3 Å². The number of piperidine rings is 1. The lowest BCUT2D eigenvalue weighted by Gasteiger charge is -2.39. The number of likely N-dealkylation sites (tertiary alicyclic amines) is 1. The summed E-state index contributed by atoms with van der Waals surface area (Å²) in [5.74, 6) is -0.0550. The van der Waals surface area contributed by atoms with Crippen molar-refractivity contribution in [1.29, 1.82) is 0 Å². The molecule has 1 atom stereocenters. The zero-order valence-electron chi connectivity index (χ0n) is 13.2. The number of hydrogen-bond donors (Lipinski definition) is 2. The van der Waals surface area contributed by atoms with Gasteiger partial charge in [-0.1, -0.05) is 25.1 Å². The number of aliphatic hydroxyl groups is 1. The van der Waals surface area contributed by atoms with Crippen molar-refractivity contribution < 1.29 is 9.90 Å². The Morgan fingerprint density at radius 2 is 2.13 bits per heavy atom. The molecule has 0 bridgehead atoms. The first-order valence-corrected chi connectivity index (χ1v) is 8.21. The fourth-order valence-electron chi connectivity index (χ4n) is 3.14. The molecular weight excluding hydrogens is 310 g/mol. The lowest BCUT2D eigenvalue weighted by atomic mass is 9.83. The van der Waals surface area contributed by atoms with E-state index in [1.165, 1.54) is 0 Å². The Hall–Kier alpha value is -1.92. The van der Waals surface area contributed by atoms with Gasteiger partial charge in [-0.15, -0.1) is 0 Å². The second kappa shape index (κ2) is 6.29. The van der Waals surface area contributed by atoms with Crippen LogP contribution in [0.4, 0.5) is 0 Å². The molecule has 2 heterocycles. The van der Waals surface area contributed by atoms with Gasteiger partial charge in [-0.3, -0.25) is 9.36 Å². The summed E-state index contributed by atoms with van der Waals surface area (Å²) >= 11 is 5.34. The highest BCUT2D eigenvalue weighted by atomic mass is 32.1. The van der Waals surface area contributed by atoms with Crippen molar-refractivity contribution in [3.63, 3.8) is 0 Å². The van der Waals surface area contributed by atoms with E-state index < -0.39 is 0 Å². The van der Waals surface area contributed by atoms with Crippen molar-refractivity contribution in [2.75, 3.05) is 19.7 Å². The molecule has 1 aromatic carbocycles. The molecule has 0 aliphatic carbocycles. The Labute approximate surface area is 140 Å². The summed E-state index contributed by atoms with van der Waals surface area (Å²) in [6, 6.07) is 9.62. The van der Waals surface area contributed by atoms with E-state index >= 15 is 0 Å². The summed E-state index contributed by atoms with van der Waals surface area (Å²) in [7, 11) is 0. The van der Waals surface area contributed by atoms with E-state index in [0.29, 0.717) is 23.6 Å². The molecule has 0 saturated carbocycles. The summed E-state index contributed by atoms with van der Waals surface area (Å²) in [6.45, 7) is 3.39. The van der Waals surface area contributed by atoms with Gasteiger partial charge in [0.25, 0.3) is 5.91 Å². The van der Waals surface area contributed by atoms with Crippen molar-refractivity contribution in [3.05, 3.63) is 47.0 Å². The van der Waals surface area contributed by atoms with Gasteiger partial charge >= 0.3 is 0 Å². The van der Waals surface area contributed by atoms with Crippen molar-refractivity contribution in [1.82, 2.24) is 14.5 Å². The highest BCUT2D eigenvalue weighted by Crippen LogP contribution is 2.29. The van der Waals surface area contributed by atoms with Gasteiger partial charge in [-0.2, -0.15) is 0 Å². The predicted octanol–water partition coefficient (Wildman–Crippen LogP) is 2.77. The first-order chi connectivity index (χ1) is 11.0. The summed E-state index contributed by atoms with van der Waals surface area (Å²) in [4.78, 5) is 17.8. The zero-order chi connectivity index (χ0) is 16.4. The fourth-order valence-corrected chi connectivity index (χ4v) is 3.40. The van der Waals surface area contributed by atoms with Crippen LogP contribution in [-0.4, -0.2) is 45.2 Å². The Morgan fingerprint density at radius 1 is 1.39 bits per heavy atom. The van der Waals surface area contributed by atoms with Gasteiger partial charge in [0.05, 0.1) is 6.61 Å². The number of rotatable bonds is 3. The van der Waals surface area contributed by atoms with Crippen molar-refractivity contribution in [2.45, 2.75) is 19.8 Å². The molecule has 122 valence electrons. The second-order valence-corrected chi connectivity index (χ2v) is 6.84. The maximum absolute atomic E-state index is 13.0. The van der Waals surface area contributed by atoms with E-state index in [4.69, 9.17) is 12.2 Å². The Kier molecular flexibility index (Phi) is 4.37. The SMILES string of the molecule is C[C@@]1(CO)CCCN(C(=O)c2c[nH]c(=S)n2-c2ccccc2)C1. The third kappa shape index (κ3) is 3.09. The van der Waals surface area contributed by atoms with Crippen LogP contribution in [0.15, 0.2) is 36.5 Å². The third-order valence-corrected chi connectivity index (χ3v) is 4.76. The van der Waals surface area contributed by atoms with Crippen LogP contribution in [0.5, 0.6) is 0 Å². The molecule has 1 saturated heterocycles. The summed E-state index contributed by atoms with van der Waals surface area (Å²) in [5, 5.41) is 9.59. The Bertz CT molecular complexity index is 753. The van der Waals surface area contributed by atoms with E-state index in [2.05, 4.69) is 4.98 Å². The number of nitrogens with one attached hydrogen (secondary N) is 1. The molecule has 1 aliphatic heterocycles. The molecule has 1 aromatic heterocycles. The molecule has 2 aromatic rings. The maximum atomic E-state index is 13.0.